The summed E-state index contributed by atoms with van der Waals surface area (Å²) in [6.45, 7) is 0.220. The Kier molecular flexibility index (Phi) is 3.13. The summed E-state index contributed by atoms with van der Waals surface area (Å²) in [7, 11) is 0. The van der Waals surface area contributed by atoms with Crippen molar-refractivity contribution in [3.8, 4) is 0 Å². The van der Waals surface area contributed by atoms with Gasteiger partial charge in [0, 0.05) is 6.61 Å². The van der Waals surface area contributed by atoms with Gasteiger partial charge in [0.15, 0.2) is 0 Å². The molecule has 1 N–H and O–H groups in total. The monoisotopic (exact) mass is 146 g/mol. The van der Waals surface area contributed by atoms with E-state index >= 15 is 0 Å². The fourth-order valence-corrected chi connectivity index (χ4v) is 1.67. The number of rotatable bonds is 2. The molecule has 0 bridgehead atoms. The minimum Gasteiger partial charge on any atom is -0.396 e. The van der Waals surface area contributed by atoms with Crippen molar-refractivity contribution in [2.45, 2.75) is 38.3 Å². The highest BCUT2D eigenvalue weighted by molar-refractivity contribution is 4.71. The Morgan fingerprint density at radius 3 is 2.80 bits per heavy atom. The van der Waals surface area contributed by atoms with Crippen molar-refractivity contribution in [2.75, 3.05) is 6.61 Å². The van der Waals surface area contributed by atoms with Crippen molar-refractivity contribution in [3.63, 3.8) is 0 Å². The molecule has 0 heterocycles. The third-order valence-corrected chi connectivity index (χ3v) is 2.26. The summed E-state index contributed by atoms with van der Waals surface area (Å²) in [5.41, 5.74) is 0. The molecule has 1 aliphatic rings. The summed E-state index contributed by atoms with van der Waals surface area (Å²) in [5.74, 6) is 0.453. The predicted molar refractivity (Wildman–Crippen MR) is 38.6 cm³/mol. The smallest absolute Gasteiger partial charge is 0.100 e. The number of halogens is 1. The Hall–Kier alpha value is -0.110. The highest BCUT2D eigenvalue weighted by atomic mass is 19.1. The Bertz CT molecular complexity index is 93.3. The molecule has 10 heavy (non-hydrogen) atoms. The van der Waals surface area contributed by atoms with Crippen LogP contribution in [0.2, 0.25) is 0 Å². The van der Waals surface area contributed by atoms with Crippen LogP contribution in [0.3, 0.4) is 0 Å². The molecule has 1 saturated carbocycles. The third-order valence-electron chi connectivity index (χ3n) is 2.26. The number of aliphatic hydroxyl groups excluding tert-OH is 1. The van der Waals surface area contributed by atoms with E-state index in [0.29, 0.717) is 12.3 Å². The van der Waals surface area contributed by atoms with E-state index in [1.165, 1.54) is 0 Å². The highest BCUT2D eigenvalue weighted by Crippen LogP contribution is 2.28. The van der Waals surface area contributed by atoms with Crippen LogP contribution in [0.4, 0.5) is 4.39 Å². The largest absolute Gasteiger partial charge is 0.396 e. The topological polar surface area (TPSA) is 20.2 Å². The lowest BCUT2D eigenvalue weighted by molar-refractivity contribution is 0.166. The van der Waals surface area contributed by atoms with E-state index in [9.17, 15) is 4.39 Å². The molecular weight excluding hydrogens is 131 g/mol. The Labute approximate surface area is 61.2 Å². The van der Waals surface area contributed by atoms with E-state index in [4.69, 9.17) is 5.11 Å². The Balaban J connectivity index is 2.18. The number of aliphatic hydroxyl groups is 1. The van der Waals surface area contributed by atoms with Gasteiger partial charge in [-0.25, -0.2) is 4.39 Å². The molecule has 2 heteroatoms. The average Bonchev–Trinajstić information content (AvgIpc) is 1.88. The van der Waals surface area contributed by atoms with E-state index in [1.807, 2.05) is 0 Å². The fourth-order valence-electron chi connectivity index (χ4n) is 1.67. The maximum atomic E-state index is 12.7. The first kappa shape index (κ1) is 7.99. The van der Waals surface area contributed by atoms with Crippen molar-refractivity contribution < 1.29 is 9.50 Å². The molecule has 0 amide bonds. The molecule has 0 aromatic carbocycles. The van der Waals surface area contributed by atoms with Gasteiger partial charge in [-0.15, -0.1) is 0 Å². The van der Waals surface area contributed by atoms with Crippen LogP contribution in [-0.4, -0.2) is 17.9 Å². The summed E-state index contributed by atoms with van der Waals surface area (Å²) in [5, 5.41) is 8.58. The molecule has 1 nitrogen and oxygen atoms in total. The quantitative estimate of drug-likeness (QED) is 0.630. The van der Waals surface area contributed by atoms with Crippen LogP contribution in [0.25, 0.3) is 0 Å². The summed E-state index contributed by atoms with van der Waals surface area (Å²) in [6.07, 6.45) is 3.74. The second-order valence-corrected chi connectivity index (χ2v) is 3.14. The number of alkyl halides is 1. The molecule has 0 spiro atoms. The van der Waals surface area contributed by atoms with Crippen LogP contribution in [0.1, 0.15) is 32.1 Å². The van der Waals surface area contributed by atoms with Crippen molar-refractivity contribution in [1.82, 2.24) is 0 Å². The lowest BCUT2D eigenvalue weighted by atomic mass is 9.86. The lowest BCUT2D eigenvalue weighted by Gasteiger charge is -2.23. The first-order chi connectivity index (χ1) is 4.83. The zero-order valence-corrected chi connectivity index (χ0v) is 6.22. The van der Waals surface area contributed by atoms with E-state index in [0.717, 1.165) is 25.7 Å². The van der Waals surface area contributed by atoms with Gasteiger partial charge >= 0.3 is 0 Å². The molecule has 0 radical (unpaired) electrons. The van der Waals surface area contributed by atoms with Gasteiger partial charge in [-0.05, 0) is 25.2 Å². The van der Waals surface area contributed by atoms with Gasteiger partial charge in [0.25, 0.3) is 0 Å². The summed E-state index contributed by atoms with van der Waals surface area (Å²) >= 11 is 0. The van der Waals surface area contributed by atoms with Gasteiger partial charge in [-0.2, -0.15) is 0 Å². The molecule has 0 aromatic rings. The number of hydrogen-bond donors (Lipinski definition) is 1. The van der Waals surface area contributed by atoms with Gasteiger partial charge < -0.3 is 5.11 Å². The Morgan fingerprint density at radius 1 is 1.40 bits per heavy atom. The van der Waals surface area contributed by atoms with Crippen LogP contribution in [-0.2, 0) is 0 Å². The van der Waals surface area contributed by atoms with Gasteiger partial charge in [-0.3, -0.25) is 0 Å². The second-order valence-electron chi connectivity index (χ2n) is 3.14. The molecule has 1 rings (SSSR count). The molecule has 0 unspecified atom stereocenters. The molecule has 0 saturated heterocycles. The average molecular weight is 146 g/mol. The SMILES string of the molecule is OCC[C@@H]1CCC[C@@H](F)C1. The van der Waals surface area contributed by atoms with Gasteiger partial charge in [0.2, 0.25) is 0 Å². The van der Waals surface area contributed by atoms with E-state index < -0.39 is 6.17 Å². The van der Waals surface area contributed by atoms with Crippen LogP contribution < -0.4 is 0 Å². The summed E-state index contributed by atoms with van der Waals surface area (Å²) in [6, 6.07) is 0. The maximum Gasteiger partial charge on any atom is 0.100 e. The summed E-state index contributed by atoms with van der Waals surface area (Å²) in [4.78, 5) is 0. The molecule has 2 atom stereocenters. The van der Waals surface area contributed by atoms with E-state index in [2.05, 4.69) is 0 Å². The molecule has 0 aromatic heterocycles. The van der Waals surface area contributed by atoms with Crippen molar-refractivity contribution in [1.29, 1.82) is 0 Å². The van der Waals surface area contributed by atoms with Crippen molar-refractivity contribution in [3.05, 3.63) is 0 Å². The lowest BCUT2D eigenvalue weighted by Crippen LogP contribution is -2.16. The normalized spacial score (nSPS) is 34.2. The predicted octanol–water partition coefficient (Wildman–Crippen LogP) is 1.90. The second kappa shape index (κ2) is 3.91. The fraction of sp³-hybridized carbons (Fsp3) is 1.00. The highest BCUT2D eigenvalue weighted by Gasteiger charge is 2.20. The molecular formula is C8H15FO. The van der Waals surface area contributed by atoms with Gasteiger partial charge in [0.1, 0.15) is 6.17 Å². The standard InChI is InChI=1S/C8H15FO/c9-8-3-1-2-7(6-8)4-5-10/h7-8,10H,1-6H2/t7-,8+/m0/s1. The van der Waals surface area contributed by atoms with Crippen molar-refractivity contribution >= 4 is 0 Å². The van der Waals surface area contributed by atoms with Gasteiger partial charge in [-0.1, -0.05) is 12.8 Å². The third kappa shape index (κ3) is 2.25. The van der Waals surface area contributed by atoms with Crippen LogP contribution in [0.15, 0.2) is 0 Å². The molecule has 0 aliphatic heterocycles. The van der Waals surface area contributed by atoms with Crippen LogP contribution >= 0.6 is 0 Å². The zero-order valence-electron chi connectivity index (χ0n) is 6.22. The van der Waals surface area contributed by atoms with Crippen LogP contribution in [0.5, 0.6) is 0 Å². The maximum absolute atomic E-state index is 12.7. The zero-order chi connectivity index (χ0) is 7.40. The molecule has 1 aliphatic carbocycles. The van der Waals surface area contributed by atoms with Crippen molar-refractivity contribution in [2.24, 2.45) is 5.92 Å². The molecule has 60 valence electrons. The van der Waals surface area contributed by atoms with Gasteiger partial charge in [0.05, 0.1) is 0 Å². The first-order valence-electron chi connectivity index (χ1n) is 4.08. The Morgan fingerprint density at radius 2 is 2.20 bits per heavy atom. The van der Waals surface area contributed by atoms with E-state index in [1.54, 1.807) is 0 Å². The summed E-state index contributed by atoms with van der Waals surface area (Å²) < 4.78 is 12.7. The number of hydrogen-bond acceptors (Lipinski definition) is 1. The van der Waals surface area contributed by atoms with E-state index in [-0.39, 0.29) is 6.61 Å². The minimum atomic E-state index is -0.592. The minimum absolute atomic E-state index is 0.220. The van der Waals surface area contributed by atoms with Crippen LogP contribution in [0, 0.1) is 5.92 Å². The first-order valence-corrected chi connectivity index (χ1v) is 4.08. The molecule has 1 fully saturated rings.